The van der Waals surface area contributed by atoms with Gasteiger partial charge < -0.3 is 29.3 Å². The summed E-state index contributed by atoms with van der Waals surface area (Å²) in [5.74, 6) is -0.356. The van der Waals surface area contributed by atoms with Crippen LogP contribution in [-0.4, -0.2) is 54.7 Å². The first-order chi connectivity index (χ1) is 16.9. The SMILES string of the molecule is COc1cc(C2C(C(=O)c3cccs3)=C(O)C(=O)N2CCc2ccc(OC)c(OC)c2)ccc1O. The number of amides is 1. The lowest BCUT2D eigenvalue weighted by atomic mass is 9.95. The Kier molecular flexibility index (Phi) is 6.97. The van der Waals surface area contributed by atoms with Crippen LogP contribution < -0.4 is 14.2 Å². The average Bonchev–Trinajstić information content (AvgIpc) is 3.50. The fourth-order valence-electron chi connectivity index (χ4n) is 4.15. The average molecular weight is 496 g/mol. The van der Waals surface area contributed by atoms with E-state index < -0.39 is 23.5 Å². The second-order valence-electron chi connectivity index (χ2n) is 7.84. The maximum absolute atomic E-state index is 13.3. The number of carbonyl (C=O) groups excluding carboxylic acids is 2. The van der Waals surface area contributed by atoms with Crippen LogP contribution in [-0.2, 0) is 11.2 Å². The molecule has 2 heterocycles. The summed E-state index contributed by atoms with van der Waals surface area (Å²) in [7, 11) is 4.51. The minimum atomic E-state index is -0.855. The number of benzene rings is 2. The van der Waals surface area contributed by atoms with Crippen molar-refractivity contribution in [3.05, 3.63) is 81.2 Å². The van der Waals surface area contributed by atoms with Crippen LogP contribution in [0.3, 0.4) is 0 Å². The van der Waals surface area contributed by atoms with E-state index in [-0.39, 0.29) is 23.6 Å². The smallest absolute Gasteiger partial charge is 0.290 e. The number of rotatable bonds is 9. The van der Waals surface area contributed by atoms with Gasteiger partial charge >= 0.3 is 0 Å². The van der Waals surface area contributed by atoms with E-state index in [2.05, 4.69) is 0 Å². The number of hydrogen-bond acceptors (Lipinski definition) is 8. The van der Waals surface area contributed by atoms with Crippen LogP contribution in [0.5, 0.6) is 23.0 Å². The molecule has 9 heteroatoms. The highest BCUT2D eigenvalue weighted by Crippen LogP contribution is 2.42. The van der Waals surface area contributed by atoms with Gasteiger partial charge in [0.15, 0.2) is 28.8 Å². The molecule has 0 bridgehead atoms. The van der Waals surface area contributed by atoms with Crippen LogP contribution in [0.25, 0.3) is 0 Å². The fraction of sp³-hybridized carbons (Fsp3) is 0.231. The number of aliphatic hydroxyl groups excluding tert-OH is 1. The first-order valence-electron chi connectivity index (χ1n) is 10.8. The van der Waals surface area contributed by atoms with Crippen LogP contribution in [0, 0.1) is 0 Å². The van der Waals surface area contributed by atoms with E-state index in [9.17, 15) is 19.8 Å². The summed E-state index contributed by atoms with van der Waals surface area (Å²) in [6.07, 6.45) is 0.436. The Balaban J connectivity index is 1.71. The van der Waals surface area contributed by atoms with Crippen molar-refractivity contribution in [3.8, 4) is 23.0 Å². The number of Topliss-reactive ketones (excluding diaryl/α,β-unsaturated/α-hetero) is 1. The van der Waals surface area contributed by atoms with Crippen molar-refractivity contribution in [2.24, 2.45) is 0 Å². The van der Waals surface area contributed by atoms with Gasteiger partial charge in [0.1, 0.15) is 0 Å². The van der Waals surface area contributed by atoms with Gasteiger partial charge in [0.05, 0.1) is 37.8 Å². The second kappa shape index (κ2) is 10.1. The number of carbonyl (C=O) groups is 2. The van der Waals surface area contributed by atoms with E-state index in [1.807, 2.05) is 12.1 Å². The van der Waals surface area contributed by atoms with Crippen LogP contribution in [0.1, 0.15) is 26.8 Å². The van der Waals surface area contributed by atoms with Gasteiger partial charge in [0.2, 0.25) is 5.78 Å². The van der Waals surface area contributed by atoms with Gasteiger partial charge in [-0.25, -0.2) is 0 Å². The molecule has 1 aromatic heterocycles. The molecule has 4 rings (SSSR count). The molecule has 0 aliphatic carbocycles. The molecule has 0 radical (unpaired) electrons. The van der Waals surface area contributed by atoms with Gasteiger partial charge in [-0.05, 0) is 53.3 Å². The highest BCUT2D eigenvalue weighted by Gasteiger charge is 2.44. The molecule has 1 amide bonds. The number of thiophene rings is 1. The standard InChI is InChI=1S/C26H25NO7S/c1-32-18-9-6-15(13-20(18)34-3)10-11-27-23(16-7-8-17(28)19(14-16)33-2)22(25(30)26(27)31)24(29)21-5-4-12-35-21/h4-9,12-14,23,28,30H,10-11H2,1-3H3. The maximum Gasteiger partial charge on any atom is 0.290 e. The molecule has 0 fully saturated rings. The molecule has 0 saturated heterocycles. The number of aromatic hydroxyl groups is 1. The van der Waals surface area contributed by atoms with Crippen molar-refractivity contribution in [1.29, 1.82) is 0 Å². The Morgan fingerprint density at radius 1 is 0.971 bits per heavy atom. The lowest BCUT2D eigenvalue weighted by Gasteiger charge is -2.27. The second-order valence-corrected chi connectivity index (χ2v) is 8.79. The van der Waals surface area contributed by atoms with Crippen molar-refractivity contribution >= 4 is 23.0 Å². The summed E-state index contributed by atoms with van der Waals surface area (Å²) < 4.78 is 15.9. The van der Waals surface area contributed by atoms with Crippen LogP contribution in [0.15, 0.2) is 65.2 Å². The van der Waals surface area contributed by atoms with E-state index in [4.69, 9.17) is 14.2 Å². The highest BCUT2D eigenvalue weighted by atomic mass is 32.1. The predicted octanol–water partition coefficient (Wildman–Crippen LogP) is 4.30. The summed E-state index contributed by atoms with van der Waals surface area (Å²) >= 11 is 1.23. The van der Waals surface area contributed by atoms with Gasteiger partial charge in [-0.2, -0.15) is 0 Å². The van der Waals surface area contributed by atoms with Crippen molar-refractivity contribution in [3.63, 3.8) is 0 Å². The molecule has 1 aliphatic rings. The Morgan fingerprint density at radius 2 is 1.71 bits per heavy atom. The monoisotopic (exact) mass is 495 g/mol. The topological polar surface area (TPSA) is 106 Å². The number of ether oxygens (including phenoxy) is 3. The lowest BCUT2D eigenvalue weighted by Crippen LogP contribution is -2.33. The van der Waals surface area contributed by atoms with Gasteiger partial charge in [0.25, 0.3) is 5.91 Å². The van der Waals surface area contributed by atoms with Crippen molar-refractivity contribution in [2.75, 3.05) is 27.9 Å². The van der Waals surface area contributed by atoms with Gasteiger partial charge in [-0.1, -0.05) is 18.2 Å². The van der Waals surface area contributed by atoms with Crippen LogP contribution in [0.4, 0.5) is 0 Å². The molecule has 2 aromatic carbocycles. The molecule has 2 N–H and O–H groups in total. The van der Waals surface area contributed by atoms with E-state index >= 15 is 0 Å². The number of ketones is 1. The summed E-state index contributed by atoms with van der Waals surface area (Å²) in [6.45, 7) is 0.216. The fourth-order valence-corrected chi connectivity index (χ4v) is 4.83. The number of phenolic OH excluding ortho intramolecular Hbond substituents is 1. The third kappa shape index (κ3) is 4.54. The van der Waals surface area contributed by atoms with Crippen molar-refractivity contribution < 1.29 is 34.0 Å². The molecule has 182 valence electrons. The maximum atomic E-state index is 13.3. The lowest BCUT2D eigenvalue weighted by molar-refractivity contribution is -0.129. The number of methoxy groups -OCH3 is 3. The Hall–Kier alpha value is -3.98. The van der Waals surface area contributed by atoms with Crippen molar-refractivity contribution in [1.82, 2.24) is 4.90 Å². The zero-order valence-corrected chi connectivity index (χ0v) is 20.3. The van der Waals surface area contributed by atoms with Crippen LogP contribution in [0.2, 0.25) is 0 Å². The highest BCUT2D eigenvalue weighted by molar-refractivity contribution is 7.12. The summed E-state index contributed by atoms with van der Waals surface area (Å²) in [6, 6.07) is 12.6. The normalized spacial score (nSPS) is 15.5. The van der Waals surface area contributed by atoms with E-state index in [0.29, 0.717) is 28.4 Å². The van der Waals surface area contributed by atoms with Gasteiger partial charge in [-0.3, -0.25) is 9.59 Å². The quantitative estimate of drug-likeness (QED) is 0.427. The molecular weight excluding hydrogens is 470 g/mol. The number of aliphatic hydroxyl groups is 1. The minimum absolute atomic E-state index is 0.00231. The summed E-state index contributed by atoms with van der Waals surface area (Å²) in [5.41, 5.74) is 1.41. The molecular formula is C26H25NO7S. The Labute approximate surface area is 206 Å². The molecule has 0 saturated carbocycles. The molecule has 8 nitrogen and oxygen atoms in total. The molecule has 0 spiro atoms. The first-order valence-corrected chi connectivity index (χ1v) is 11.7. The molecule has 1 atom stereocenters. The Bertz CT molecular complexity index is 1280. The van der Waals surface area contributed by atoms with E-state index in [0.717, 1.165) is 5.56 Å². The summed E-state index contributed by atoms with van der Waals surface area (Å²) in [4.78, 5) is 28.4. The molecule has 1 unspecified atom stereocenters. The zero-order valence-electron chi connectivity index (χ0n) is 19.5. The molecule has 3 aromatic rings. The third-order valence-electron chi connectivity index (χ3n) is 5.90. The van der Waals surface area contributed by atoms with Crippen molar-refractivity contribution in [2.45, 2.75) is 12.5 Å². The Morgan fingerprint density at radius 3 is 2.37 bits per heavy atom. The number of hydrogen-bond donors (Lipinski definition) is 2. The molecule has 1 aliphatic heterocycles. The predicted molar refractivity (Wildman–Crippen MR) is 131 cm³/mol. The largest absolute Gasteiger partial charge is 0.504 e. The number of phenols is 1. The zero-order chi connectivity index (χ0) is 25.1. The third-order valence-corrected chi connectivity index (χ3v) is 6.77. The van der Waals surface area contributed by atoms with E-state index in [1.54, 1.807) is 49.9 Å². The molecule has 35 heavy (non-hydrogen) atoms. The summed E-state index contributed by atoms with van der Waals surface area (Å²) in [5, 5.41) is 22.6. The van der Waals surface area contributed by atoms with E-state index in [1.165, 1.54) is 29.4 Å². The first kappa shape index (κ1) is 24.2. The number of nitrogens with zero attached hydrogens (tertiary/aromatic N) is 1. The van der Waals surface area contributed by atoms with Gasteiger partial charge in [0, 0.05) is 6.54 Å². The minimum Gasteiger partial charge on any atom is -0.504 e. The van der Waals surface area contributed by atoms with Crippen LogP contribution >= 0.6 is 11.3 Å². The van der Waals surface area contributed by atoms with Gasteiger partial charge in [-0.15, -0.1) is 11.3 Å².